The summed E-state index contributed by atoms with van der Waals surface area (Å²) in [7, 11) is 0. The molecule has 1 nitrogen and oxygen atoms in total. The number of nitrogens with two attached hydrogens (primary N) is 1. The largest absolute Gasteiger partial charge is 0.319 e. The molecule has 0 bridgehead atoms. The van der Waals surface area contributed by atoms with Crippen molar-refractivity contribution in [3.05, 3.63) is 34.4 Å². The standard InChI is InChI=1S/C8H6ClF4N/c9-4-2-5(10)3(1-6(4)11)7(14)8(12)13/h1-2,7-8H,14H2. The van der Waals surface area contributed by atoms with Crippen LogP contribution in [0, 0.1) is 11.6 Å². The second-order valence-corrected chi connectivity index (χ2v) is 3.06. The molecule has 0 amide bonds. The molecule has 78 valence electrons. The van der Waals surface area contributed by atoms with Crippen LogP contribution in [0.5, 0.6) is 0 Å². The molecule has 0 saturated heterocycles. The minimum atomic E-state index is -2.95. The summed E-state index contributed by atoms with van der Waals surface area (Å²) in [6.07, 6.45) is -2.95. The van der Waals surface area contributed by atoms with Crippen molar-refractivity contribution in [2.45, 2.75) is 12.5 Å². The van der Waals surface area contributed by atoms with Crippen LogP contribution in [-0.2, 0) is 0 Å². The van der Waals surface area contributed by atoms with Gasteiger partial charge in [0.2, 0.25) is 0 Å². The van der Waals surface area contributed by atoms with E-state index >= 15 is 0 Å². The highest BCUT2D eigenvalue weighted by molar-refractivity contribution is 6.30. The van der Waals surface area contributed by atoms with Crippen molar-refractivity contribution in [3.8, 4) is 0 Å². The summed E-state index contributed by atoms with van der Waals surface area (Å²) in [5, 5.41) is -0.465. The Morgan fingerprint density at radius 3 is 2.21 bits per heavy atom. The minimum Gasteiger partial charge on any atom is -0.319 e. The highest BCUT2D eigenvalue weighted by atomic mass is 35.5. The van der Waals surface area contributed by atoms with Gasteiger partial charge in [-0.25, -0.2) is 17.6 Å². The van der Waals surface area contributed by atoms with Gasteiger partial charge in [0, 0.05) is 5.56 Å². The van der Waals surface area contributed by atoms with Gasteiger partial charge < -0.3 is 5.73 Å². The first-order valence-electron chi connectivity index (χ1n) is 3.61. The van der Waals surface area contributed by atoms with E-state index in [9.17, 15) is 17.6 Å². The van der Waals surface area contributed by atoms with Crippen molar-refractivity contribution in [2.75, 3.05) is 0 Å². The molecule has 0 radical (unpaired) electrons. The van der Waals surface area contributed by atoms with Crippen molar-refractivity contribution in [1.29, 1.82) is 0 Å². The van der Waals surface area contributed by atoms with Crippen LogP contribution >= 0.6 is 11.6 Å². The zero-order chi connectivity index (χ0) is 10.9. The van der Waals surface area contributed by atoms with Crippen LogP contribution in [0.15, 0.2) is 12.1 Å². The van der Waals surface area contributed by atoms with Crippen LogP contribution in [0.4, 0.5) is 17.6 Å². The van der Waals surface area contributed by atoms with E-state index in [0.717, 1.165) is 0 Å². The Morgan fingerprint density at radius 2 is 1.71 bits per heavy atom. The van der Waals surface area contributed by atoms with E-state index in [-0.39, 0.29) is 0 Å². The molecule has 1 atom stereocenters. The lowest BCUT2D eigenvalue weighted by molar-refractivity contribution is 0.114. The molecule has 0 aromatic heterocycles. The Kier molecular flexibility index (Phi) is 3.34. The summed E-state index contributed by atoms with van der Waals surface area (Å²) in [6, 6.07) is -0.648. The zero-order valence-corrected chi connectivity index (χ0v) is 7.53. The van der Waals surface area contributed by atoms with Gasteiger partial charge >= 0.3 is 0 Å². The lowest BCUT2D eigenvalue weighted by Crippen LogP contribution is -2.20. The van der Waals surface area contributed by atoms with Gasteiger partial charge in [-0.15, -0.1) is 0 Å². The topological polar surface area (TPSA) is 26.0 Å². The highest BCUT2D eigenvalue weighted by Crippen LogP contribution is 2.25. The lowest BCUT2D eigenvalue weighted by Gasteiger charge is -2.12. The van der Waals surface area contributed by atoms with E-state index in [1.165, 1.54) is 0 Å². The Balaban J connectivity index is 3.15. The summed E-state index contributed by atoms with van der Waals surface area (Å²) in [4.78, 5) is 0. The predicted octanol–water partition coefficient (Wildman–Crippen LogP) is 2.88. The highest BCUT2D eigenvalue weighted by Gasteiger charge is 2.22. The Bertz CT molecular complexity index is 342. The molecule has 0 heterocycles. The first kappa shape index (κ1) is 11.3. The second-order valence-electron chi connectivity index (χ2n) is 2.65. The van der Waals surface area contributed by atoms with Crippen molar-refractivity contribution in [1.82, 2.24) is 0 Å². The fraction of sp³-hybridized carbons (Fsp3) is 0.250. The average molecular weight is 228 g/mol. The molecule has 0 fully saturated rings. The maximum Gasteiger partial charge on any atom is 0.257 e. The molecule has 6 heteroatoms. The van der Waals surface area contributed by atoms with Gasteiger partial charge in [-0.3, -0.25) is 0 Å². The third-order valence-electron chi connectivity index (χ3n) is 1.67. The van der Waals surface area contributed by atoms with E-state index in [1.54, 1.807) is 0 Å². The quantitative estimate of drug-likeness (QED) is 0.610. The van der Waals surface area contributed by atoms with Crippen molar-refractivity contribution >= 4 is 11.6 Å². The van der Waals surface area contributed by atoms with Gasteiger partial charge in [-0.05, 0) is 12.1 Å². The SMILES string of the molecule is NC(c1cc(F)c(Cl)cc1F)C(F)F. The summed E-state index contributed by atoms with van der Waals surface area (Å²) in [5.41, 5.74) is 4.38. The Labute approximate surface area is 82.5 Å². The fourth-order valence-corrected chi connectivity index (χ4v) is 1.08. The maximum atomic E-state index is 13.0. The Hall–Kier alpha value is -0.810. The van der Waals surface area contributed by atoms with Gasteiger partial charge in [-0.2, -0.15) is 0 Å². The molecule has 0 aliphatic heterocycles. The monoisotopic (exact) mass is 227 g/mol. The van der Waals surface area contributed by atoms with Crippen LogP contribution in [0.3, 0.4) is 0 Å². The number of hydrogen-bond donors (Lipinski definition) is 1. The van der Waals surface area contributed by atoms with E-state index in [2.05, 4.69) is 0 Å². The van der Waals surface area contributed by atoms with E-state index < -0.39 is 34.7 Å². The smallest absolute Gasteiger partial charge is 0.257 e. The first-order chi connectivity index (χ1) is 6.43. The lowest BCUT2D eigenvalue weighted by atomic mass is 10.1. The number of rotatable bonds is 2. The molecule has 14 heavy (non-hydrogen) atoms. The molecule has 1 unspecified atom stereocenters. The molecular formula is C8H6ClF4N. The van der Waals surface area contributed by atoms with Crippen LogP contribution in [0.25, 0.3) is 0 Å². The fourth-order valence-electron chi connectivity index (χ4n) is 0.929. The third-order valence-corrected chi connectivity index (χ3v) is 1.96. The molecule has 1 aromatic rings. The van der Waals surface area contributed by atoms with Crippen LogP contribution in [0.1, 0.15) is 11.6 Å². The van der Waals surface area contributed by atoms with Gasteiger partial charge in [0.05, 0.1) is 11.1 Å². The first-order valence-corrected chi connectivity index (χ1v) is 3.99. The molecular weight excluding hydrogens is 222 g/mol. The Morgan fingerprint density at radius 1 is 1.14 bits per heavy atom. The molecule has 0 saturated carbocycles. The molecule has 2 N–H and O–H groups in total. The van der Waals surface area contributed by atoms with E-state index in [0.29, 0.717) is 12.1 Å². The number of alkyl halides is 2. The van der Waals surface area contributed by atoms with Gasteiger partial charge in [0.25, 0.3) is 6.43 Å². The molecule has 1 rings (SSSR count). The number of halogens is 5. The normalized spacial score (nSPS) is 13.4. The summed E-state index contributed by atoms with van der Waals surface area (Å²) < 4.78 is 49.9. The van der Waals surface area contributed by atoms with Crippen molar-refractivity contribution in [3.63, 3.8) is 0 Å². The van der Waals surface area contributed by atoms with Gasteiger partial charge in [-0.1, -0.05) is 11.6 Å². The number of hydrogen-bond acceptors (Lipinski definition) is 1. The minimum absolute atomic E-state index is 0.465. The summed E-state index contributed by atoms with van der Waals surface area (Å²) >= 11 is 5.23. The molecule has 0 aliphatic carbocycles. The maximum absolute atomic E-state index is 13.0. The van der Waals surface area contributed by atoms with Crippen LogP contribution in [-0.4, -0.2) is 6.43 Å². The third kappa shape index (κ3) is 2.16. The van der Waals surface area contributed by atoms with Gasteiger partial charge in [0.1, 0.15) is 11.6 Å². The van der Waals surface area contributed by atoms with Crippen molar-refractivity contribution < 1.29 is 17.6 Å². The number of benzene rings is 1. The molecule has 0 spiro atoms. The van der Waals surface area contributed by atoms with E-state index in [4.69, 9.17) is 17.3 Å². The average Bonchev–Trinajstić information content (AvgIpc) is 2.10. The summed E-state index contributed by atoms with van der Waals surface area (Å²) in [6.45, 7) is 0. The van der Waals surface area contributed by atoms with E-state index in [1.807, 2.05) is 0 Å². The van der Waals surface area contributed by atoms with Crippen LogP contribution < -0.4 is 5.73 Å². The molecule has 1 aromatic carbocycles. The summed E-state index contributed by atoms with van der Waals surface area (Å²) in [5.74, 6) is -2.01. The second kappa shape index (κ2) is 4.14. The predicted molar refractivity (Wildman–Crippen MR) is 44.3 cm³/mol. The zero-order valence-electron chi connectivity index (χ0n) is 6.78. The van der Waals surface area contributed by atoms with Crippen molar-refractivity contribution in [2.24, 2.45) is 5.73 Å². The molecule has 0 aliphatic rings. The van der Waals surface area contributed by atoms with Crippen LogP contribution in [0.2, 0.25) is 5.02 Å². The van der Waals surface area contributed by atoms with Gasteiger partial charge in [0.15, 0.2) is 0 Å².